The van der Waals surface area contributed by atoms with Gasteiger partial charge in [0.2, 0.25) is 0 Å². The van der Waals surface area contributed by atoms with Gasteiger partial charge in [-0.3, -0.25) is 9.59 Å². The highest BCUT2D eigenvalue weighted by atomic mass is 16.3. The molecule has 5 heteroatoms. The van der Waals surface area contributed by atoms with Gasteiger partial charge < -0.3 is 14.8 Å². The number of aromatic hydroxyl groups is 2. The van der Waals surface area contributed by atoms with Crippen LogP contribution in [0.2, 0.25) is 0 Å². The van der Waals surface area contributed by atoms with Crippen molar-refractivity contribution in [1.29, 1.82) is 0 Å². The number of rotatable bonds is 4. The third-order valence-corrected chi connectivity index (χ3v) is 3.83. The summed E-state index contributed by atoms with van der Waals surface area (Å²) in [5.41, 5.74) is 2.44. The molecule has 0 bridgehead atoms. The normalized spacial score (nSPS) is 10.8. The Hall–Kier alpha value is -3.08. The van der Waals surface area contributed by atoms with Crippen molar-refractivity contribution in [3.05, 3.63) is 59.3 Å². The first kappa shape index (κ1) is 14.8. The summed E-state index contributed by atoms with van der Waals surface area (Å²) in [4.78, 5) is 23.7. The monoisotopic (exact) mass is 309 g/mol. The van der Waals surface area contributed by atoms with Gasteiger partial charge in [-0.1, -0.05) is 29.8 Å². The molecule has 1 aromatic heterocycles. The molecule has 0 amide bonds. The summed E-state index contributed by atoms with van der Waals surface area (Å²) in [7, 11) is 0. The number of fused-ring (bicyclic) bond motifs is 1. The van der Waals surface area contributed by atoms with Crippen molar-refractivity contribution in [1.82, 2.24) is 4.57 Å². The number of hydrogen-bond donors (Lipinski definition) is 2. The second-order valence-electron chi connectivity index (χ2n) is 5.46. The molecular weight excluding hydrogens is 294 g/mol. The van der Waals surface area contributed by atoms with E-state index in [0.717, 1.165) is 5.56 Å². The van der Waals surface area contributed by atoms with Gasteiger partial charge in [0, 0.05) is 17.0 Å². The van der Waals surface area contributed by atoms with Crippen molar-refractivity contribution >= 4 is 23.0 Å². The fraction of sp³-hybridized carbons (Fsp3) is 0.111. The molecule has 0 unspecified atom stereocenters. The largest absolute Gasteiger partial charge is 0.504 e. The molecule has 0 atom stereocenters. The van der Waals surface area contributed by atoms with E-state index < -0.39 is 0 Å². The van der Waals surface area contributed by atoms with Crippen LogP contribution in [0.5, 0.6) is 11.5 Å². The first-order valence-corrected chi connectivity index (χ1v) is 7.10. The average Bonchev–Trinajstić information content (AvgIpc) is 2.85. The molecule has 0 aliphatic carbocycles. The molecule has 2 aromatic carbocycles. The molecule has 0 aliphatic rings. The quantitative estimate of drug-likeness (QED) is 0.441. The minimum Gasteiger partial charge on any atom is -0.504 e. The van der Waals surface area contributed by atoms with E-state index in [9.17, 15) is 19.8 Å². The minimum absolute atomic E-state index is 0.0230. The van der Waals surface area contributed by atoms with Crippen molar-refractivity contribution < 1.29 is 19.8 Å². The number of Topliss-reactive ketones (excluding diaryl/α,β-unsaturated/α-hetero) is 1. The van der Waals surface area contributed by atoms with Gasteiger partial charge in [0.05, 0.1) is 17.8 Å². The zero-order valence-electron chi connectivity index (χ0n) is 12.5. The van der Waals surface area contributed by atoms with E-state index >= 15 is 0 Å². The van der Waals surface area contributed by atoms with Crippen LogP contribution in [0.1, 0.15) is 26.4 Å². The van der Waals surface area contributed by atoms with Crippen molar-refractivity contribution in [3.63, 3.8) is 0 Å². The average molecular weight is 309 g/mol. The predicted molar refractivity (Wildman–Crippen MR) is 86.2 cm³/mol. The summed E-state index contributed by atoms with van der Waals surface area (Å²) >= 11 is 0. The maximum absolute atomic E-state index is 12.4. The van der Waals surface area contributed by atoms with E-state index in [2.05, 4.69) is 0 Å². The Labute approximate surface area is 132 Å². The van der Waals surface area contributed by atoms with E-state index in [4.69, 9.17) is 0 Å². The number of phenolic OH excluding ortho intramolecular Hbond substituents is 2. The smallest absolute Gasteiger partial charge is 0.182 e. The number of nitrogens with zero attached hydrogens (tertiary/aromatic N) is 1. The van der Waals surface area contributed by atoms with Crippen molar-refractivity contribution in [2.75, 3.05) is 0 Å². The van der Waals surface area contributed by atoms with Gasteiger partial charge in [-0.2, -0.15) is 0 Å². The lowest BCUT2D eigenvalue weighted by atomic mass is 10.1. The molecule has 3 aromatic rings. The lowest BCUT2D eigenvalue weighted by molar-refractivity contribution is 0.0972. The highest BCUT2D eigenvalue weighted by Gasteiger charge is 2.15. The van der Waals surface area contributed by atoms with Gasteiger partial charge in [0.15, 0.2) is 23.6 Å². The SMILES string of the molecule is Cc1ccc(C(=O)Cn2c(C=O)cc3cc(O)c(O)cc32)cc1. The van der Waals surface area contributed by atoms with Crippen LogP contribution in [0.4, 0.5) is 0 Å². The Morgan fingerprint density at radius 3 is 2.39 bits per heavy atom. The molecule has 116 valence electrons. The number of carbonyl (C=O) groups excluding carboxylic acids is 2. The Balaban J connectivity index is 2.04. The highest BCUT2D eigenvalue weighted by Crippen LogP contribution is 2.32. The van der Waals surface area contributed by atoms with Crippen LogP contribution in [0.15, 0.2) is 42.5 Å². The van der Waals surface area contributed by atoms with Crippen LogP contribution >= 0.6 is 0 Å². The molecule has 1 heterocycles. The van der Waals surface area contributed by atoms with E-state index in [1.807, 2.05) is 19.1 Å². The number of carbonyl (C=O) groups is 2. The molecular formula is C18H15NO4. The third kappa shape index (κ3) is 2.68. The molecule has 0 saturated carbocycles. The van der Waals surface area contributed by atoms with Crippen LogP contribution in [-0.2, 0) is 6.54 Å². The number of hydrogen-bond acceptors (Lipinski definition) is 4. The second-order valence-corrected chi connectivity index (χ2v) is 5.46. The summed E-state index contributed by atoms with van der Waals surface area (Å²) in [6, 6.07) is 11.5. The molecule has 5 nitrogen and oxygen atoms in total. The van der Waals surface area contributed by atoms with Crippen LogP contribution in [0.25, 0.3) is 10.9 Å². The third-order valence-electron chi connectivity index (χ3n) is 3.83. The number of aldehydes is 1. The summed E-state index contributed by atoms with van der Waals surface area (Å²) in [5, 5.41) is 19.8. The van der Waals surface area contributed by atoms with E-state index in [0.29, 0.717) is 28.4 Å². The number of ketones is 1. The number of aromatic nitrogens is 1. The fourth-order valence-electron chi connectivity index (χ4n) is 2.56. The lowest BCUT2D eigenvalue weighted by Crippen LogP contribution is -2.12. The number of benzene rings is 2. The number of aryl methyl sites for hydroxylation is 1. The Kier molecular flexibility index (Phi) is 3.62. The van der Waals surface area contributed by atoms with Crippen molar-refractivity contribution in [3.8, 4) is 11.5 Å². The van der Waals surface area contributed by atoms with Gasteiger partial charge >= 0.3 is 0 Å². The Bertz CT molecular complexity index is 907. The topological polar surface area (TPSA) is 79.5 Å². The van der Waals surface area contributed by atoms with Gasteiger partial charge in [0.25, 0.3) is 0 Å². The first-order chi connectivity index (χ1) is 11.0. The minimum atomic E-state index is -0.294. The molecule has 0 radical (unpaired) electrons. The summed E-state index contributed by atoms with van der Waals surface area (Å²) in [6.07, 6.45) is 0.649. The van der Waals surface area contributed by atoms with Gasteiger partial charge in [0.1, 0.15) is 0 Å². The van der Waals surface area contributed by atoms with Gasteiger partial charge in [-0.05, 0) is 19.1 Å². The maximum Gasteiger partial charge on any atom is 0.182 e. The fourth-order valence-corrected chi connectivity index (χ4v) is 2.56. The van der Waals surface area contributed by atoms with Crippen molar-refractivity contribution in [2.24, 2.45) is 0 Å². The number of phenols is 2. The summed E-state index contributed by atoms with van der Waals surface area (Å²) in [6.45, 7) is 1.91. The van der Waals surface area contributed by atoms with E-state index in [-0.39, 0.29) is 23.8 Å². The molecule has 0 aliphatic heterocycles. The summed E-state index contributed by atoms with van der Waals surface area (Å²) in [5.74, 6) is -0.702. The predicted octanol–water partition coefficient (Wildman–Crippen LogP) is 3.06. The Morgan fingerprint density at radius 2 is 1.74 bits per heavy atom. The van der Waals surface area contributed by atoms with Crippen LogP contribution in [0.3, 0.4) is 0 Å². The molecule has 0 fully saturated rings. The Morgan fingerprint density at radius 1 is 1.09 bits per heavy atom. The highest BCUT2D eigenvalue weighted by molar-refractivity contribution is 5.98. The molecule has 3 rings (SSSR count). The van der Waals surface area contributed by atoms with Crippen LogP contribution in [0, 0.1) is 6.92 Å². The maximum atomic E-state index is 12.4. The zero-order chi connectivity index (χ0) is 16.6. The van der Waals surface area contributed by atoms with Gasteiger partial charge in [-0.25, -0.2) is 0 Å². The zero-order valence-corrected chi connectivity index (χ0v) is 12.5. The van der Waals surface area contributed by atoms with Crippen LogP contribution in [-0.4, -0.2) is 26.8 Å². The van der Waals surface area contributed by atoms with E-state index in [1.165, 1.54) is 16.7 Å². The first-order valence-electron chi connectivity index (χ1n) is 7.10. The molecule has 0 saturated heterocycles. The van der Waals surface area contributed by atoms with Crippen LogP contribution < -0.4 is 0 Å². The van der Waals surface area contributed by atoms with Gasteiger partial charge in [-0.15, -0.1) is 0 Å². The molecule has 0 spiro atoms. The molecule has 23 heavy (non-hydrogen) atoms. The van der Waals surface area contributed by atoms with Crippen molar-refractivity contribution in [2.45, 2.75) is 13.5 Å². The standard InChI is InChI=1S/C18H15NO4/c1-11-2-4-12(5-3-11)18(23)9-19-14(10-20)6-13-7-16(21)17(22)8-15(13)19/h2-8,10,21-22H,9H2,1H3. The van der Waals surface area contributed by atoms with E-state index in [1.54, 1.807) is 18.2 Å². The lowest BCUT2D eigenvalue weighted by Gasteiger charge is -2.08. The molecule has 2 N–H and O–H groups in total. The summed E-state index contributed by atoms with van der Waals surface area (Å²) < 4.78 is 1.53. The second kappa shape index (κ2) is 5.61.